The number of halogens is 2. The second-order valence-electron chi connectivity index (χ2n) is 2.97. The molecule has 0 aromatic heterocycles. The lowest BCUT2D eigenvalue weighted by Gasteiger charge is -2.02. The average molecular weight is 330 g/mol. The van der Waals surface area contributed by atoms with E-state index >= 15 is 0 Å². The molecule has 0 saturated carbocycles. The highest BCUT2D eigenvalue weighted by Crippen LogP contribution is 2.23. The van der Waals surface area contributed by atoms with Crippen LogP contribution in [0.1, 0.15) is 30.1 Å². The van der Waals surface area contributed by atoms with Crippen molar-refractivity contribution in [3.05, 3.63) is 32.7 Å². The van der Waals surface area contributed by atoms with Gasteiger partial charge in [-0.05, 0) is 25.1 Å². The number of carbonyl (C=O) groups excluding carboxylic acids is 1. The first kappa shape index (κ1) is 12.5. The Labute approximate surface area is 107 Å². The Morgan fingerprint density at radius 1 is 1.40 bits per heavy atom. The average Bonchev–Trinajstić information content (AvgIpc) is 2.22. The van der Waals surface area contributed by atoms with Gasteiger partial charge in [-0.1, -0.05) is 31.9 Å². The SMILES string of the molecule is CC#CCCC(=O)c1cc(Br)ccc1Br. The fourth-order valence-electron chi connectivity index (χ4n) is 1.15. The standard InChI is InChI=1S/C12H10Br2O/c1-2-3-4-5-12(15)10-8-9(13)6-7-11(10)14/h6-8H,4-5H2,1H3. The van der Waals surface area contributed by atoms with Crippen molar-refractivity contribution in [3.8, 4) is 11.8 Å². The molecule has 0 radical (unpaired) electrons. The largest absolute Gasteiger partial charge is 0.294 e. The van der Waals surface area contributed by atoms with Crippen LogP contribution in [0.2, 0.25) is 0 Å². The number of hydrogen-bond donors (Lipinski definition) is 0. The fraction of sp³-hybridized carbons (Fsp3) is 0.250. The summed E-state index contributed by atoms with van der Waals surface area (Å²) in [6.45, 7) is 1.78. The first-order valence-electron chi connectivity index (χ1n) is 4.53. The zero-order valence-corrected chi connectivity index (χ0v) is 11.5. The summed E-state index contributed by atoms with van der Waals surface area (Å²) in [5.74, 6) is 5.78. The van der Waals surface area contributed by atoms with Crippen LogP contribution >= 0.6 is 31.9 Å². The van der Waals surface area contributed by atoms with Gasteiger partial charge in [-0.3, -0.25) is 4.79 Å². The van der Waals surface area contributed by atoms with Crippen molar-refractivity contribution in [2.24, 2.45) is 0 Å². The summed E-state index contributed by atoms with van der Waals surface area (Å²) in [5, 5.41) is 0. The van der Waals surface area contributed by atoms with E-state index in [4.69, 9.17) is 0 Å². The van der Waals surface area contributed by atoms with Crippen molar-refractivity contribution >= 4 is 37.6 Å². The highest BCUT2D eigenvalue weighted by atomic mass is 79.9. The summed E-state index contributed by atoms with van der Waals surface area (Å²) in [6.07, 6.45) is 1.09. The first-order chi connectivity index (χ1) is 7.15. The molecular weight excluding hydrogens is 320 g/mol. The maximum absolute atomic E-state index is 11.8. The molecule has 1 aromatic rings. The molecular formula is C12H10Br2O. The van der Waals surface area contributed by atoms with Crippen molar-refractivity contribution in [3.63, 3.8) is 0 Å². The van der Waals surface area contributed by atoms with Gasteiger partial charge in [0.2, 0.25) is 0 Å². The highest BCUT2D eigenvalue weighted by Gasteiger charge is 2.09. The second kappa shape index (κ2) is 6.09. The molecule has 0 amide bonds. The molecule has 0 N–H and O–H groups in total. The van der Waals surface area contributed by atoms with Crippen LogP contribution in [0.15, 0.2) is 27.1 Å². The number of hydrogen-bond acceptors (Lipinski definition) is 1. The van der Waals surface area contributed by atoms with Crippen LogP contribution in [-0.2, 0) is 0 Å². The summed E-state index contributed by atoms with van der Waals surface area (Å²) in [6, 6.07) is 5.58. The van der Waals surface area contributed by atoms with Crippen LogP contribution in [0.5, 0.6) is 0 Å². The van der Waals surface area contributed by atoms with Gasteiger partial charge in [0, 0.05) is 27.4 Å². The summed E-state index contributed by atoms with van der Waals surface area (Å²) < 4.78 is 1.75. The van der Waals surface area contributed by atoms with Crippen LogP contribution in [-0.4, -0.2) is 5.78 Å². The van der Waals surface area contributed by atoms with E-state index < -0.39 is 0 Å². The summed E-state index contributed by atoms with van der Waals surface area (Å²) >= 11 is 6.71. The number of ketones is 1. The lowest BCUT2D eigenvalue weighted by molar-refractivity contribution is 0.0983. The summed E-state index contributed by atoms with van der Waals surface area (Å²) in [5.41, 5.74) is 0.710. The van der Waals surface area contributed by atoms with E-state index in [-0.39, 0.29) is 5.78 Å². The van der Waals surface area contributed by atoms with Gasteiger partial charge in [-0.15, -0.1) is 11.8 Å². The van der Waals surface area contributed by atoms with E-state index in [2.05, 4.69) is 43.7 Å². The van der Waals surface area contributed by atoms with E-state index in [1.54, 1.807) is 6.92 Å². The normalized spacial score (nSPS) is 9.27. The molecule has 0 atom stereocenters. The number of carbonyl (C=O) groups is 1. The molecule has 0 aliphatic carbocycles. The molecule has 0 aliphatic rings. The Balaban J connectivity index is 2.80. The molecule has 15 heavy (non-hydrogen) atoms. The molecule has 3 heteroatoms. The second-order valence-corrected chi connectivity index (χ2v) is 4.74. The third kappa shape index (κ3) is 3.81. The Kier molecular flexibility index (Phi) is 5.07. The number of benzene rings is 1. The van der Waals surface area contributed by atoms with Gasteiger partial charge >= 0.3 is 0 Å². The third-order valence-electron chi connectivity index (χ3n) is 1.88. The predicted molar refractivity (Wildman–Crippen MR) is 68.9 cm³/mol. The van der Waals surface area contributed by atoms with E-state index in [1.165, 1.54) is 0 Å². The molecule has 0 saturated heterocycles. The van der Waals surface area contributed by atoms with Gasteiger partial charge in [0.25, 0.3) is 0 Å². The maximum Gasteiger partial charge on any atom is 0.164 e. The molecule has 0 unspecified atom stereocenters. The molecule has 78 valence electrons. The van der Waals surface area contributed by atoms with Crippen LogP contribution in [0.25, 0.3) is 0 Å². The molecule has 0 fully saturated rings. The fourth-order valence-corrected chi connectivity index (χ4v) is 1.98. The van der Waals surface area contributed by atoms with Gasteiger partial charge in [-0.2, -0.15) is 0 Å². The summed E-state index contributed by atoms with van der Waals surface area (Å²) in [4.78, 5) is 11.8. The van der Waals surface area contributed by atoms with E-state index in [1.807, 2.05) is 18.2 Å². The van der Waals surface area contributed by atoms with Crippen LogP contribution in [0.4, 0.5) is 0 Å². The van der Waals surface area contributed by atoms with Crippen molar-refractivity contribution < 1.29 is 4.79 Å². The molecule has 1 nitrogen and oxygen atoms in total. The third-order valence-corrected chi connectivity index (χ3v) is 3.07. The van der Waals surface area contributed by atoms with Gasteiger partial charge in [0.1, 0.15) is 0 Å². The number of rotatable bonds is 3. The van der Waals surface area contributed by atoms with E-state index in [0.29, 0.717) is 18.4 Å². The van der Waals surface area contributed by atoms with Crippen molar-refractivity contribution in [1.29, 1.82) is 0 Å². The molecule has 0 bridgehead atoms. The molecule has 0 spiro atoms. The molecule has 1 aromatic carbocycles. The highest BCUT2D eigenvalue weighted by molar-refractivity contribution is 9.11. The van der Waals surface area contributed by atoms with Crippen LogP contribution in [0.3, 0.4) is 0 Å². The van der Waals surface area contributed by atoms with E-state index in [9.17, 15) is 4.79 Å². The zero-order valence-electron chi connectivity index (χ0n) is 8.31. The molecule has 0 heterocycles. The maximum atomic E-state index is 11.8. The van der Waals surface area contributed by atoms with Crippen molar-refractivity contribution in [2.75, 3.05) is 0 Å². The van der Waals surface area contributed by atoms with Gasteiger partial charge in [-0.25, -0.2) is 0 Å². The Morgan fingerprint density at radius 3 is 2.80 bits per heavy atom. The van der Waals surface area contributed by atoms with Crippen molar-refractivity contribution in [2.45, 2.75) is 19.8 Å². The van der Waals surface area contributed by atoms with E-state index in [0.717, 1.165) is 8.95 Å². The van der Waals surface area contributed by atoms with Gasteiger partial charge < -0.3 is 0 Å². The minimum atomic E-state index is 0.117. The molecule has 1 rings (SSSR count). The van der Waals surface area contributed by atoms with Gasteiger partial charge in [0.15, 0.2) is 5.78 Å². The first-order valence-corrected chi connectivity index (χ1v) is 6.11. The lowest BCUT2D eigenvalue weighted by Crippen LogP contribution is -1.99. The van der Waals surface area contributed by atoms with Crippen LogP contribution in [0, 0.1) is 11.8 Å². The predicted octanol–water partition coefficient (Wildman–Crippen LogP) is 4.20. The smallest absolute Gasteiger partial charge is 0.164 e. The Bertz CT molecular complexity index is 427. The van der Waals surface area contributed by atoms with Crippen LogP contribution < -0.4 is 0 Å². The minimum absolute atomic E-state index is 0.117. The minimum Gasteiger partial charge on any atom is -0.294 e. The topological polar surface area (TPSA) is 17.1 Å². The van der Waals surface area contributed by atoms with Gasteiger partial charge in [0.05, 0.1) is 0 Å². The zero-order chi connectivity index (χ0) is 11.3. The Morgan fingerprint density at radius 2 is 2.13 bits per heavy atom. The molecule has 0 aliphatic heterocycles. The summed E-state index contributed by atoms with van der Waals surface area (Å²) in [7, 11) is 0. The quantitative estimate of drug-likeness (QED) is 0.600. The number of Topliss-reactive ketones (excluding diaryl/α,β-unsaturated/α-hetero) is 1. The lowest BCUT2D eigenvalue weighted by atomic mass is 10.1. The monoisotopic (exact) mass is 328 g/mol. The van der Waals surface area contributed by atoms with Crippen molar-refractivity contribution in [1.82, 2.24) is 0 Å². The Hall–Kier alpha value is -0.590.